The Kier molecular flexibility index (Phi) is 8.55. The average Bonchev–Trinajstić information content (AvgIpc) is 3.59. The van der Waals surface area contributed by atoms with Crippen LogP contribution in [0.1, 0.15) is 43.4 Å². The summed E-state index contributed by atoms with van der Waals surface area (Å²) in [4.78, 5) is 2.38. The summed E-state index contributed by atoms with van der Waals surface area (Å²) < 4.78 is 16.8. The van der Waals surface area contributed by atoms with Crippen molar-refractivity contribution in [1.82, 2.24) is 4.90 Å². The molecule has 1 saturated carbocycles. The lowest BCUT2D eigenvalue weighted by Crippen LogP contribution is -2.37. The normalized spacial score (nSPS) is 14.9. The molecule has 5 nitrogen and oxygen atoms in total. The number of nitrogens with zero attached hydrogens (tertiary/aromatic N) is 1. The summed E-state index contributed by atoms with van der Waals surface area (Å²) in [6.07, 6.45) is 2.96. The van der Waals surface area contributed by atoms with E-state index in [0.29, 0.717) is 6.54 Å². The average molecular weight is 414 g/mol. The van der Waals surface area contributed by atoms with Crippen LogP contribution in [0.2, 0.25) is 0 Å². The lowest BCUT2D eigenvalue weighted by Gasteiger charge is -2.26. The highest BCUT2D eigenvalue weighted by Crippen LogP contribution is 2.31. The molecule has 0 spiro atoms. The first-order valence-electron chi connectivity index (χ1n) is 10.9. The van der Waals surface area contributed by atoms with Gasteiger partial charge in [0.25, 0.3) is 0 Å². The fraction of sp³-hybridized carbons (Fsp3) is 0.520. The van der Waals surface area contributed by atoms with Crippen LogP contribution in [0.4, 0.5) is 0 Å². The second-order valence-corrected chi connectivity index (χ2v) is 8.12. The van der Waals surface area contributed by atoms with Crippen molar-refractivity contribution in [3.05, 3.63) is 59.7 Å². The monoisotopic (exact) mass is 413 g/mol. The zero-order chi connectivity index (χ0) is 21.3. The van der Waals surface area contributed by atoms with Crippen molar-refractivity contribution in [2.24, 2.45) is 5.92 Å². The molecule has 1 fully saturated rings. The van der Waals surface area contributed by atoms with Crippen molar-refractivity contribution in [1.29, 1.82) is 0 Å². The zero-order valence-electron chi connectivity index (χ0n) is 18.4. The van der Waals surface area contributed by atoms with Gasteiger partial charge in [0.15, 0.2) is 0 Å². The van der Waals surface area contributed by atoms with E-state index in [1.807, 2.05) is 48.5 Å². The second-order valence-electron chi connectivity index (χ2n) is 8.12. The summed E-state index contributed by atoms with van der Waals surface area (Å²) >= 11 is 0. The van der Waals surface area contributed by atoms with E-state index in [2.05, 4.69) is 11.8 Å². The third kappa shape index (κ3) is 6.73. The van der Waals surface area contributed by atoms with Crippen molar-refractivity contribution in [3.8, 4) is 11.5 Å². The summed E-state index contributed by atoms with van der Waals surface area (Å²) in [7, 11) is 3.32. The van der Waals surface area contributed by atoms with Gasteiger partial charge in [-0.1, -0.05) is 31.2 Å². The topological polar surface area (TPSA) is 51.2 Å². The zero-order valence-corrected chi connectivity index (χ0v) is 18.4. The van der Waals surface area contributed by atoms with Gasteiger partial charge in [-0.15, -0.1) is 0 Å². The second kappa shape index (κ2) is 11.3. The van der Waals surface area contributed by atoms with Crippen LogP contribution in [0.3, 0.4) is 0 Å². The van der Waals surface area contributed by atoms with E-state index in [1.165, 1.54) is 12.8 Å². The van der Waals surface area contributed by atoms with Crippen molar-refractivity contribution in [3.63, 3.8) is 0 Å². The molecular weight excluding hydrogens is 378 g/mol. The minimum atomic E-state index is -0.519. The van der Waals surface area contributed by atoms with Crippen LogP contribution in [0.15, 0.2) is 48.5 Å². The first-order chi connectivity index (χ1) is 14.6. The largest absolute Gasteiger partial charge is 0.497 e. The molecule has 0 amide bonds. The number of hydrogen-bond donors (Lipinski definition) is 1. The van der Waals surface area contributed by atoms with Crippen LogP contribution in [0, 0.1) is 5.92 Å². The molecule has 0 radical (unpaired) electrons. The van der Waals surface area contributed by atoms with Gasteiger partial charge in [-0.25, -0.2) is 0 Å². The molecule has 2 aromatic carbocycles. The van der Waals surface area contributed by atoms with E-state index in [4.69, 9.17) is 14.2 Å². The van der Waals surface area contributed by atoms with E-state index in [0.717, 1.165) is 48.1 Å². The Labute approximate surface area is 180 Å². The van der Waals surface area contributed by atoms with E-state index >= 15 is 0 Å². The number of rotatable bonds is 13. The predicted octanol–water partition coefficient (Wildman–Crippen LogP) is 4.29. The minimum Gasteiger partial charge on any atom is -0.497 e. The molecule has 0 unspecified atom stereocenters. The molecule has 0 saturated heterocycles. The molecule has 164 valence electrons. The van der Waals surface area contributed by atoms with Gasteiger partial charge in [-0.3, -0.25) is 0 Å². The van der Waals surface area contributed by atoms with E-state index in [1.54, 1.807) is 14.2 Å². The van der Waals surface area contributed by atoms with Crippen LogP contribution in [0.25, 0.3) is 0 Å². The van der Waals surface area contributed by atoms with E-state index < -0.39 is 6.10 Å². The minimum absolute atomic E-state index is 0.264. The van der Waals surface area contributed by atoms with Gasteiger partial charge < -0.3 is 24.2 Å². The van der Waals surface area contributed by atoms with Crippen molar-refractivity contribution < 1.29 is 19.3 Å². The van der Waals surface area contributed by atoms with E-state index in [9.17, 15) is 5.11 Å². The molecule has 2 aromatic rings. The van der Waals surface area contributed by atoms with Crippen molar-refractivity contribution in [2.75, 3.05) is 40.5 Å². The van der Waals surface area contributed by atoms with Gasteiger partial charge in [-0.05, 0) is 67.1 Å². The SMILES string of the molecule is CCCN(CC1CC1)C[C@@H](O)COC(c1ccc(OC)cc1)c1ccc(OC)cc1. The molecule has 1 atom stereocenters. The summed E-state index contributed by atoms with van der Waals surface area (Å²) in [6, 6.07) is 15.8. The molecule has 0 aliphatic heterocycles. The number of benzene rings is 2. The molecule has 1 aliphatic carbocycles. The number of ether oxygens (including phenoxy) is 3. The van der Waals surface area contributed by atoms with E-state index in [-0.39, 0.29) is 12.7 Å². The predicted molar refractivity (Wildman–Crippen MR) is 119 cm³/mol. The number of aliphatic hydroxyl groups excluding tert-OH is 1. The molecule has 3 rings (SSSR count). The van der Waals surface area contributed by atoms with Gasteiger partial charge in [0.05, 0.1) is 26.9 Å². The van der Waals surface area contributed by atoms with Crippen LogP contribution < -0.4 is 9.47 Å². The first-order valence-corrected chi connectivity index (χ1v) is 10.9. The molecular formula is C25H35NO4. The quantitative estimate of drug-likeness (QED) is 0.531. The Bertz CT molecular complexity index is 695. The van der Waals surface area contributed by atoms with Crippen LogP contribution >= 0.6 is 0 Å². The Morgan fingerprint density at radius 2 is 1.47 bits per heavy atom. The van der Waals surface area contributed by atoms with Gasteiger partial charge in [0.2, 0.25) is 0 Å². The van der Waals surface area contributed by atoms with Crippen molar-refractivity contribution in [2.45, 2.75) is 38.4 Å². The lowest BCUT2D eigenvalue weighted by molar-refractivity contribution is -0.00893. The molecule has 0 heterocycles. The maximum Gasteiger partial charge on any atom is 0.118 e. The maximum atomic E-state index is 10.7. The number of hydrogen-bond acceptors (Lipinski definition) is 5. The Morgan fingerprint density at radius 1 is 0.933 bits per heavy atom. The fourth-order valence-corrected chi connectivity index (χ4v) is 3.74. The summed E-state index contributed by atoms with van der Waals surface area (Å²) in [5, 5.41) is 10.7. The highest BCUT2D eigenvalue weighted by Gasteiger charge is 2.25. The molecule has 5 heteroatoms. The van der Waals surface area contributed by atoms with Crippen LogP contribution in [-0.2, 0) is 4.74 Å². The Morgan fingerprint density at radius 3 is 1.90 bits per heavy atom. The molecule has 0 bridgehead atoms. The first kappa shape index (κ1) is 22.6. The van der Waals surface area contributed by atoms with Gasteiger partial charge in [0, 0.05) is 13.1 Å². The molecule has 1 aliphatic rings. The van der Waals surface area contributed by atoms with Gasteiger partial charge in [-0.2, -0.15) is 0 Å². The van der Waals surface area contributed by atoms with Crippen LogP contribution in [0.5, 0.6) is 11.5 Å². The molecule has 1 N–H and O–H groups in total. The maximum absolute atomic E-state index is 10.7. The fourth-order valence-electron chi connectivity index (χ4n) is 3.74. The number of methoxy groups -OCH3 is 2. The highest BCUT2D eigenvalue weighted by atomic mass is 16.5. The smallest absolute Gasteiger partial charge is 0.118 e. The lowest BCUT2D eigenvalue weighted by atomic mass is 10.0. The third-order valence-corrected chi connectivity index (χ3v) is 5.51. The Hall–Kier alpha value is -2.08. The molecule has 0 aromatic heterocycles. The summed E-state index contributed by atoms with van der Waals surface area (Å²) in [5.74, 6) is 2.43. The van der Waals surface area contributed by atoms with Gasteiger partial charge in [0.1, 0.15) is 17.6 Å². The van der Waals surface area contributed by atoms with Crippen LogP contribution in [-0.4, -0.2) is 56.6 Å². The number of aliphatic hydroxyl groups is 1. The summed E-state index contributed by atoms with van der Waals surface area (Å²) in [6.45, 7) is 5.24. The standard InChI is InChI=1S/C25H35NO4/c1-4-15-26(16-19-5-6-19)17-22(27)18-30-25(20-7-11-23(28-2)12-8-20)21-9-13-24(29-3)14-10-21/h7-14,19,22,25,27H,4-6,15-18H2,1-3H3/t22-/m1/s1. The highest BCUT2D eigenvalue weighted by molar-refractivity contribution is 5.36. The molecule has 30 heavy (non-hydrogen) atoms. The third-order valence-electron chi connectivity index (χ3n) is 5.51. The van der Waals surface area contributed by atoms with Crippen molar-refractivity contribution >= 4 is 0 Å². The van der Waals surface area contributed by atoms with Gasteiger partial charge >= 0.3 is 0 Å². The Balaban J connectivity index is 1.67. The summed E-state index contributed by atoms with van der Waals surface area (Å²) in [5.41, 5.74) is 2.05.